The SMILES string of the molecule is CC1CC/C(=N/c2nccc(Nc3ccc4[nH]ncc4c3)n2)CNC1. The van der Waals surface area contributed by atoms with E-state index in [0.717, 1.165) is 54.1 Å². The van der Waals surface area contributed by atoms with E-state index in [0.29, 0.717) is 11.9 Å². The predicted octanol–water partition coefficient (Wildman–Crippen LogP) is 3.19. The van der Waals surface area contributed by atoms with Crippen molar-refractivity contribution < 1.29 is 0 Å². The molecule has 7 nitrogen and oxygen atoms in total. The molecule has 0 saturated carbocycles. The van der Waals surface area contributed by atoms with Crippen LogP contribution in [0.2, 0.25) is 0 Å². The topological polar surface area (TPSA) is 90.9 Å². The van der Waals surface area contributed by atoms with Crippen LogP contribution in [0.15, 0.2) is 41.7 Å². The van der Waals surface area contributed by atoms with Gasteiger partial charge in [0.2, 0.25) is 0 Å². The maximum atomic E-state index is 4.63. The second kappa shape index (κ2) is 6.98. The highest BCUT2D eigenvalue weighted by Crippen LogP contribution is 2.21. The standard InChI is InChI=1S/C18H21N7/c1-12-2-3-15(11-19-9-12)23-18-20-7-6-17(24-18)22-14-4-5-16-13(8-14)10-21-25-16/h4-8,10,12,19H,2-3,9,11H2,1H3,(H,21,25)(H,20,22,24)/b23-15-. The van der Waals surface area contributed by atoms with Gasteiger partial charge in [0.15, 0.2) is 0 Å². The number of aromatic amines is 1. The second-order valence-electron chi connectivity index (χ2n) is 6.49. The number of nitrogens with one attached hydrogen (secondary N) is 3. The zero-order chi connectivity index (χ0) is 17.1. The molecule has 1 aliphatic heterocycles. The number of hydrogen-bond acceptors (Lipinski definition) is 6. The summed E-state index contributed by atoms with van der Waals surface area (Å²) in [5.74, 6) is 1.91. The summed E-state index contributed by atoms with van der Waals surface area (Å²) in [4.78, 5) is 13.4. The molecule has 25 heavy (non-hydrogen) atoms. The fourth-order valence-corrected chi connectivity index (χ4v) is 2.94. The van der Waals surface area contributed by atoms with Crippen molar-refractivity contribution in [2.24, 2.45) is 10.9 Å². The van der Waals surface area contributed by atoms with Crippen LogP contribution in [-0.2, 0) is 0 Å². The molecule has 0 bridgehead atoms. The van der Waals surface area contributed by atoms with E-state index in [2.05, 4.69) is 42.7 Å². The average Bonchev–Trinajstić information content (AvgIpc) is 2.98. The van der Waals surface area contributed by atoms with E-state index in [1.807, 2.05) is 24.3 Å². The van der Waals surface area contributed by atoms with Gasteiger partial charge in [-0.05, 0) is 49.6 Å². The Morgan fingerprint density at radius 3 is 3.20 bits per heavy atom. The van der Waals surface area contributed by atoms with Gasteiger partial charge < -0.3 is 10.6 Å². The molecule has 0 aliphatic carbocycles. The van der Waals surface area contributed by atoms with Crippen LogP contribution >= 0.6 is 0 Å². The highest BCUT2D eigenvalue weighted by Gasteiger charge is 2.11. The number of aromatic nitrogens is 4. The molecule has 1 saturated heterocycles. The lowest BCUT2D eigenvalue weighted by Crippen LogP contribution is -2.22. The Balaban J connectivity index is 1.52. The lowest BCUT2D eigenvalue weighted by Gasteiger charge is -2.06. The minimum absolute atomic E-state index is 0.501. The summed E-state index contributed by atoms with van der Waals surface area (Å²) in [6.45, 7) is 4.11. The highest BCUT2D eigenvalue weighted by molar-refractivity contribution is 5.88. The zero-order valence-corrected chi connectivity index (χ0v) is 14.2. The van der Waals surface area contributed by atoms with Crippen molar-refractivity contribution in [2.45, 2.75) is 19.8 Å². The quantitative estimate of drug-likeness (QED) is 0.684. The van der Waals surface area contributed by atoms with Crippen molar-refractivity contribution in [2.75, 3.05) is 18.4 Å². The van der Waals surface area contributed by atoms with E-state index in [1.54, 1.807) is 12.4 Å². The van der Waals surface area contributed by atoms with Crippen LogP contribution in [0.4, 0.5) is 17.5 Å². The number of nitrogens with zero attached hydrogens (tertiary/aromatic N) is 4. The Bertz CT molecular complexity index is 899. The summed E-state index contributed by atoms with van der Waals surface area (Å²) in [5, 5.41) is 14.8. The lowest BCUT2D eigenvalue weighted by atomic mass is 10.1. The summed E-state index contributed by atoms with van der Waals surface area (Å²) >= 11 is 0. The zero-order valence-electron chi connectivity index (χ0n) is 14.2. The van der Waals surface area contributed by atoms with Crippen molar-refractivity contribution in [1.29, 1.82) is 0 Å². The monoisotopic (exact) mass is 335 g/mol. The number of hydrogen-bond donors (Lipinski definition) is 3. The molecular weight excluding hydrogens is 314 g/mol. The second-order valence-corrected chi connectivity index (χ2v) is 6.49. The fraction of sp³-hybridized carbons (Fsp3) is 0.333. The van der Waals surface area contributed by atoms with E-state index >= 15 is 0 Å². The summed E-state index contributed by atoms with van der Waals surface area (Å²) in [5.41, 5.74) is 3.08. The Kier molecular flexibility index (Phi) is 4.39. The number of rotatable bonds is 3. The Hall–Kier alpha value is -2.80. The van der Waals surface area contributed by atoms with Crippen LogP contribution in [0.25, 0.3) is 10.9 Å². The van der Waals surface area contributed by atoms with Crippen molar-refractivity contribution in [3.8, 4) is 0 Å². The summed E-state index contributed by atoms with van der Waals surface area (Å²) in [6, 6.07) is 7.86. The van der Waals surface area contributed by atoms with Crippen LogP contribution in [0.3, 0.4) is 0 Å². The van der Waals surface area contributed by atoms with Crippen LogP contribution in [0.1, 0.15) is 19.8 Å². The number of fused-ring (bicyclic) bond motifs is 1. The predicted molar refractivity (Wildman–Crippen MR) is 99.8 cm³/mol. The average molecular weight is 335 g/mol. The van der Waals surface area contributed by atoms with E-state index in [1.165, 1.54) is 0 Å². The van der Waals surface area contributed by atoms with E-state index in [4.69, 9.17) is 0 Å². The molecule has 7 heteroatoms. The van der Waals surface area contributed by atoms with Gasteiger partial charge in [-0.15, -0.1) is 0 Å². The Morgan fingerprint density at radius 2 is 2.24 bits per heavy atom. The maximum absolute atomic E-state index is 4.63. The minimum atomic E-state index is 0.501. The van der Waals surface area contributed by atoms with Crippen LogP contribution in [0, 0.1) is 5.92 Å². The third-order valence-electron chi connectivity index (χ3n) is 4.36. The summed E-state index contributed by atoms with van der Waals surface area (Å²) in [6.07, 6.45) is 5.68. The molecule has 0 spiro atoms. The van der Waals surface area contributed by atoms with Gasteiger partial charge in [-0.2, -0.15) is 10.1 Å². The largest absolute Gasteiger partial charge is 0.340 e. The van der Waals surface area contributed by atoms with Gasteiger partial charge in [0.1, 0.15) is 5.82 Å². The molecule has 3 heterocycles. The molecule has 0 radical (unpaired) electrons. The first kappa shape index (κ1) is 15.7. The molecular formula is C18H21N7. The molecule has 3 N–H and O–H groups in total. The number of aliphatic imine (C=N–C) groups is 1. The molecule has 1 fully saturated rings. The first-order valence-corrected chi connectivity index (χ1v) is 8.56. The number of anilines is 2. The smallest absolute Gasteiger partial charge is 0.251 e. The molecule has 2 aromatic heterocycles. The van der Waals surface area contributed by atoms with E-state index in [9.17, 15) is 0 Å². The first-order chi connectivity index (χ1) is 12.3. The van der Waals surface area contributed by atoms with Gasteiger partial charge in [0, 0.05) is 29.5 Å². The summed E-state index contributed by atoms with van der Waals surface area (Å²) < 4.78 is 0. The molecule has 3 aromatic rings. The molecule has 128 valence electrons. The Morgan fingerprint density at radius 1 is 1.28 bits per heavy atom. The van der Waals surface area contributed by atoms with Crippen LogP contribution in [-0.4, -0.2) is 39.0 Å². The van der Waals surface area contributed by atoms with Gasteiger partial charge in [0.05, 0.1) is 11.7 Å². The normalized spacial score (nSPS) is 19.9. The molecule has 1 atom stereocenters. The molecule has 0 amide bonds. The fourth-order valence-electron chi connectivity index (χ4n) is 2.94. The van der Waals surface area contributed by atoms with Gasteiger partial charge in [-0.25, -0.2) is 9.98 Å². The molecule has 1 unspecified atom stereocenters. The van der Waals surface area contributed by atoms with Gasteiger partial charge in [-0.3, -0.25) is 5.10 Å². The molecule has 4 rings (SSSR count). The van der Waals surface area contributed by atoms with Crippen LogP contribution < -0.4 is 10.6 Å². The van der Waals surface area contributed by atoms with Crippen LogP contribution in [0.5, 0.6) is 0 Å². The van der Waals surface area contributed by atoms with Gasteiger partial charge >= 0.3 is 0 Å². The number of benzene rings is 1. The number of H-pyrrole nitrogens is 1. The van der Waals surface area contributed by atoms with E-state index in [-0.39, 0.29) is 0 Å². The third kappa shape index (κ3) is 3.83. The van der Waals surface area contributed by atoms with Gasteiger partial charge in [-0.1, -0.05) is 6.92 Å². The van der Waals surface area contributed by atoms with Gasteiger partial charge in [0.25, 0.3) is 5.95 Å². The molecule has 1 aliphatic rings. The van der Waals surface area contributed by atoms with Crippen molar-refractivity contribution in [3.63, 3.8) is 0 Å². The van der Waals surface area contributed by atoms with E-state index < -0.39 is 0 Å². The van der Waals surface area contributed by atoms with Crippen molar-refractivity contribution in [1.82, 2.24) is 25.5 Å². The molecule has 1 aromatic carbocycles. The minimum Gasteiger partial charge on any atom is -0.340 e. The summed E-state index contributed by atoms with van der Waals surface area (Å²) in [7, 11) is 0. The Labute approximate surface area is 146 Å². The van der Waals surface area contributed by atoms with Crippen molar-refractivity contribution >= 4 is 34.1 Å². The lowest BCUT2D eigenvalue weighted by molar-refractivity contribution is 0.527. The third-order valence-corrected chi connectivity index (χ3v) is 4.36. The van der Waals surface area contributed by atoms with Crippen molar-refractivity contribution in [3.05, 3.63) is 36.7 Å². The highest BCUT2D eigenvalue weighted by atomic mass is 15.1. The first-order valence-electron chi connectivity index (χ1n) is 8.56. The maximum Gasteiger partial charge on any atom is 0.251 e.